The lowest BCUT2D eigenvalue weighted by Crippen LogP contribution is -2.26. The van der Waals surface area contributed by atoms with Crippen LogP contribution in [0.15, 0.2) is 58.4 Å². The lowest BCUT2D eigenvalue weighted by atomic mass is 10.2. The lowest BCUT2D eigenvalue weighted by Gasteiger charge is -2.02. The third-order valence-corrected chi connectivity index (χ3v) is 5.95. The third kappa shape index (κ3) is 6.26. The van der Waals surface area contributed by atoms with Gasteiger partial charge in [0.15, 0.2) is 0 Å². The van der Waals surface area contributed by atoms with Crippen LogP contribution in [0.4, 0.5) is 0 Å². The molecule has 8 heteroatoms. The second-order valence-electron chi connectivity index (χ2n) is 7.58. The van der Waals surface area contributed by atoms with Gasteiger partial charge in [-0.15, -0.1) is 11.3 Å². The summed E-state index contributed by atoms with van der Waals surface area (Å²) in [6.45, 7) is 5.17. The first-order chi connectivity index (χ1) is 16.1. The summed E-state index contributed by atoms with van der Waals surface area (Å²) in [5.74, 6) is 1.69. The summed E-state index contributed by atoms with van der Waals surface area (Å²) in [4.78, 5) is 21.3. The summed E-state index contributed by atoms with van der Waals surface area (Å²) in [7, 11) is 0. The standard InChI is InChI=1S/C25H26N4O3S/c1-3-31-21-10-8-18(9-11-21)24-28-23(32-29-24)13-12-22(30)26-15-14-20-16-33-25(27-20)19-6-4-17(2)5-7-19/h4-11,16H,3,12-15H2,1-2H3,(H,26,30). The van der Waals surface area contributed by atoms with Crippen LogP contribution in [-0.4, -0.2) is 34.2 Å². The smallest absolute Gasteiger partial charge is 0.227 e. The van der Waals surface area contributed by atoms with Crippen LogP contribution in [0.25, 0.3) is 22.0 Å². The normalized spacial score (nSPS) is 10.8. The van der Waals surface area contributed by atoms with E-state index in [2.05, 4.69) is 51.6 Å². The van der Waals surface area contributed by atoms with Crippen LogP contribution >= 0.6 is 11.3 Å². The maximum Gasteiger partial charge on any atom is 0.227 e. The van der Waals surface area contributed by atoms with Crippen molar-refractivity contribution in [3.8, 4) is 27.7 Å². The number of nitrogens with zero attached hydrogens (tertiary/aromatic N) is 3. The Hall–Kier alpha value is -3.52. The summed E-state index contributed by atoms with van der Waals surface area (Å²) in [6.07, 6.45) is 1.37. The van der Waals surface area contributed by atoms with E-state index in [0.29, 0.717) is 37.7 Å². The molecule has 2 aromatic carbocycles. The number of hydrogen-bond acceptors (Lipinski definition) is 7. The largest absolute Gasteiger partial charge is 0.494 e. The Labute approximate surface area is 196 Å². The Kier molecular flexibility index (Phi) is 7.47. The molecule has 0 aliphatic rings. The van der Waals surface area contributed by atoms with Gasteiger partial charge in [0.2, 0.25) is 17.6 Å². The van der Waals surface area contributed by atoms with E-state index in [1.54, 1.807) is 11.3 Å². The fourth-order valence-corrected chi connectivity index (χ4v) is 4.09. The minimum absolute atomic E-state index is 0.0511. The van der Waals surface area contributed by atoms with Gasteiger partial charge in [0.05, 0.1) is 12.3 Å². The maximum absolute atomic E-state index is 12.2. The number of amides is 1. The number of benzene rings is 2. The maximum atomic E-state index is 12.2. The number of carbonyl (C=O) groups is 1. The van der Waals surface area contributed by atoms with Gasteiger partial charge in [-0.05, 0) is 38.1 Å². The first-order valence-electron chi connectivity index (χ1n) is 10.9. The molecule has 0 saturated carbocycles. The van der Waals surface area contributed by atoms with Crippen molar-refractivity contribution in [2.75, 3.05) is 13.2 Å². The van der Waals surface area contributed by atoms with Gasteiger partial charge in [-0.3, -0.25) is 4.79 Å². The van der Waals surface area contributed by atoms with Gasteiger partial charge in [-0.2, -0.15) is 4.98 Å². The molecule has 0 fully saturated rings. The Morgan fingerprint density at radius 1 is 1.03 bits per heavy atom. The van der Waals surface area contributed by atoms with Gasteiger partial charge in [-0.1, -0.05) is 35.0 Å². The molecule has 1 amide bonds. The number of aromatic nitrogens is 3. The van der Waals surface area contributed by atoms with Gasteiger partial charge in [0.1, 0.15) is 10.8 Å². The zero-order valence-corrected chi connectivity index (χ0v) is 19.5. The van der Waals surface area contributed by atoms with Crippen LogP contribution < -0.4 is 10.1 Å². The molecule has 0 spiro atoms. The Balaban J connectivity index is 1.21. The van der Waals surface area contributed by atoms with Crippen molar-refractivity contribution in [2.24, 2.45) is 0 Å². The molecule has 0 bridgehead atoms. The molecule has 0 radical (unpaired) electrons. The van der Waals surface area contributed by atoms with E-state index in [9.17, 15) is 4.79 Å². The van der Waals surface area contributed by atoms with Crippen LogP contribution in [0.3, 0.4) is 0 Å². The van der Waals surface area contributed by atoms with Crippen LogP contribution in [-0.2, 0) is 17.6 Å². The van der Waals surface area contributed by atoms with Crippen molar-refractivity contribution in [3.63, 3.8) is 0 Å². The molecule has 7 nitrogen and oxygen atoms in total. The highest BCUT2D eigenvalue weighted by Gasteiger charge is 2.11. The average molecular weight is 463 g/mol. The first-order valence-corrected chi connectivity index (χ1v) is 11.8. The summed E-state index contributed by atoms with van der Waals surface area (Å²) < 4.78 is 10.7. The van der Waals surface area contributed by atoms with E-state index >= 15 is 0 Å². The molecule has 4 aromatic rings. The molecule has 0 unspecified atom stereocenters. The summed E-state index contributed by atoms with van der Waals surface area (Å²) in [5.41, 5.74) is 4.16. The molecule has 2 heterocycles. The van der Waals surface area contributed by atoms with E-state index in [-0.39, 0.29) is 12.3 Å². The number of thiazole rings is 1. The summed E-state index contributed by atoms with van der Waals surface area (Å²) >= 11 is 1.62. The number of aryl methyl sites for hydroxylation is 2. The number of nitrogens with one attached hydrogen (secondary N) is 1. The fourth-order valence-electron chi connectivity index (χ4n) is 3.23. The highest BCUT2D eigenvalue weighted by molar-refractivity contribution is 7.13. The van der Waals surface area contributed by atoms with Crippen molar-refractivity contribution in [1.29, 1.82) is 0 Å². The molecule has 0 aliphatic heterocycles. The Morgan fingerprint density at radius 2 is 1.79 bits per heavy atom. The number of rotatable bonds is 10. The molecular formula is C25H26N4O3S. The van der Waals surface area contributed by atoms with Gasteiger partial charge >= 0.3 is 0 Å². The fraction of sp³-hybridized carbons (Fsp3) is 0.280. The molecule has 1 N–H and O–H groups in total. The molecule has 33 heavy (non-hydrogen) atoms. The van der Waals surface area contributed by atoms with Crippen molar-refractivity contribution >= 4 is 17.2 Å². The van der Waals surface area contributed by atoms with Gasteiger partial charge in [0, 0.05) is 42.3 Å². The second kappa shape index (κ2) is 10.9. The number of ether oxygens (including phenoxy) is 1. The van der Waals surface area contributed by atoms with Crippen molar-refractivity contribution in [1.82, 2.24) is 20.4 Å². The minimum Gasteiger partial charge on any atom is -0.494 e. The van der Waals surface area contributed by atoms with E-state index in [1.807, 2.05) is 36.6 Å². The van der Waals surface area contributed by atoms with Gasteiger partial charge < -0.3 is 14.6 Å². The van der Waals surface area contributed by atoms with E-state index in [4.69, 9.17) is 9.26 Å². The number of carbonyl (C=O) groups excluding carboxylic acids is 1. The molecule has 0 aliphatic carbocycles. The molecule has 0 atom stereocenters. The van der Waals surface area contributed by atoms with Crippen LogP contribution in [0, 0.1) is 6.92 Å². The molecule has 4 rings (SSSR count). The monoisotopic (exact) mass is 462 g/mol. The van der Waals surface area contributed by atoms with Gasteiger partial charge in [0.25, 0.3) is 0 Å². The SMILES string of the molecule is CCOc1ccc(-c2noc(CCC(=O)NCCc3csc(-c4ccc(C)cc4)n3)n2)cc1. The minimum atomic E-state index is -0.0511. The summed E-state index contributed by atoms with van der Waals surface area (Å²) in [5, 5.41) is 9.98. The zero-order valence-electron chi connectivity index (χ0n) is 18.7. The van der Waals surface area contributed by atoms with Crippen LogP contribution in [0.2, 0.25) is 0 Å². The highest BCUT2D eigenvalue weighted by atomic mass is 32.1. The Bertz CT molecular complexity index is 1180. The second-order valence-corrected chi connectivity index (χ2v) is 8.44. The van der Waals surface area contributed by atoms with Gasteiger partial charge in [-0.25, -0.2) is 4.98 Å². The van der Waals surface area contributed by atoms with E-state index in [1.165, 1.54) is 5.56 Å². The van der Waals surface area contributed by atoms with Crippen molar-refractivity contribution < 1.29 is 14.1 Å². The molecule has 170 valence electrons. The summed E-state index contributed by atoms with van der Waals surface area (Å²) in [6, 6.07) is 15.8. The molecule has 2 aromatic heterocycles. The molecule has 0 saturated heterocycles. The van der Waals surface area contributed by atoms with E-state index in [0.717, 1.165) is 27.6 Å². The third-order valence-electron chi connectivity index (χ3n) is 5.01. The van der Waals surface area contributed by atoms with Crippen molar-refractivity contribution in [2.45, 2.75) is 33.1 Å². The highest BCUT2D eigenvalue weighted by Crippen LogP contribution is 2.24. The van der Waals surface area contributed by atoms with Crippen LogP contribution in [0.5, 0.6) is 5.75 Å². The lowest BCUT2D eigenvalue weighted by molar-refractivity contribution is -0.121. The van der Waals surface area contributed by atoms with E-state index < -0.39 is 0 Å². The van der Waals surface area contributed by atoms with Crippen molar-refractivity contribution in [3.05, 3.63) is 71.1 Å². The predicted molar refractivity (Wildman–Crippen MR) is 128 cm³/mol. The Morgan fingerprint density at radius 3 is 2.55 bits per heavy atom. The first kappa shape index (κ1) is 22.7. The number of hydrogen-bond donors (Lipinski definition) is 1. The zero-order chi connectivity index (χ0) is 23.0. The predicted octanol–water partition coefficient (Wildman–Crippen LogP) is 4.86. The van der Waals surface area contributed by atoms with Crippen LogP contribution in [0.1, 0.15) is 30.5 Å². The average Bonchev–Trinajstić information content (AvgIpc) is 3.49. The molecular weight excluding hydrogens is 436 g/mol. The quantitative estimate of drug-likeness (QED) is 0.362. The topological polar surface area (TPSA) is 90.1 Å².